The van der Waals surface area contributed by atoms with E-state index >= 15 is 0 Å². The fourth-order valence-corrected chi connectivity index (χ4v) is 3.50. The fourth-order valence-electron chi connectivity index (χ4n) is 3.50. The summed E-state index contributed by atoms with van der Waals surface area (Å²) in [6.07, 6.45) is 4.71. The zero-order valence-electron chi connectivity index (χ0n) is 9.41. The van der Waals surface area contributed by atoms with Gasteiger partial charge in [-0.3, -0.25) is 0 Å². The van der Waals surface area contributed by atoms with Crippen LogP contribution in [0.5, 0.6) is 0 Å². The third kappa shape index (κ3) is 1.63. The van der Waals surface area contributed by atoms with Gasteiger partial charge in [0, 0.05) is 25.7 Å². The van der Waals surface area contributed by atoms with Gasteiger partial charge in [-0.05, 0) is 13.8 Å². The molecule has 2 nitrogen and oxygen atoms in total. The van der Waals surface area contributed by atoms with E-state index in [1.807, 2.05) is 0 Å². The molecular weight excluding hydrogens is 242 g/mol. The summed E-state index contributed by atoms with van der Waals surface area (Å²) in [6, 6.07) is 2.17. The average Bonchev–Trinajstić information content (AvgIpc) is 2.29. The molecule has 0 aliphatic carbocycles. The maximum absolute atomic E-state index is 9.69. The first-order valence-electron chi connectivity index (χ1n) is 5.58. The number of piperidine rings is 1. The van der Waals surface area contributed by atoms with Crippen molar-refractivity contribution >= 4 is 0 Å². The summed E-state index contributed by atoms with van der Waals surface area (Å²) in [4.78, 5) is 0. The van der Waals surface area contributed by atoms with Gasteiger partial charge in [-0.1, -0.05) is 0 Å². The van der Waals surface area contributed by atoms with E-state index in [1.165, 1.54) is 17.3 Å². The number of aliphatic hydroxyl groups is 1. The molecule has 0 spiro atoms. The molecule has 1 N–H and O–H groups in total. The molecule has 0 unspecified atom stereocenters. The Morgan fingerprint density at radius 3 is 1.93 bits per heavy atom. The van der Waals surface area contributed by atoms with Crippen molar-refractivity contribution in [1.29, 1.82) is 0 Å². The number of fused-ring (bicyclic) bond motifs is 2. The lowest BCUT2D eigenvalue weighted by atomic mass is 9.95. The molecule has 3 heteroatoms. The highest BCUT2D eigenvalue weighted by Crippen LogP contribution is 2.42. The van der Waals surface area contributed by atoms with Crippen LogP contribution in [-0.4, -0.2) is 40.9 Å². The third-order valence-corrected chi connectivity index (χ3v) is 4.61. The molecule has 2 atom stereocenters. The van der Waals surface area contributed by atoms with Gasteiger partial charge in [0.2, 0.25) is 0 Å². The standard InChI is InChI=1S/C11H22NO.BrH/c1-8(2)12(3)9-4-5-10(12)7-11(13)6-9;/h8-11,13H,4-7H2,1-3H3;1H/q+1;/p-1/t9-,10-,11?,12?;/m1./s1. The van der Waals surface area contributed by atoms with Gasteiger partial charge in [-0.2, -0.15) is 0 Å². The highest BCUT2D eigenvalue weighted by molar-refractivity contribution is 4.86. The predicted molar refractivity (Wildman–Crippen MR) is 53.4 cm³/mol. The van der Waals surface area contributed by atoms with Crippen molar-refractivity contribution < 1.29 is 26.6 Å². The SMILES string of the molecule is CC(C)[N+]1(C)[C@@H]2CC[C@@H]1CC(O)C2.[Br-]. The van der Waals surface area contributed by atoms with Gasteiger partial charge >= 0.3 is 0 Å². The van der Waals surface area contributed by atoms with Crippen molar-refractivity contribution in [2.45, 2.75) is 63.8 Å². The molecule has 0 aromatic carbocycles. The van der Waals surface area contributed by atoms with Gasteiger partial charge in [-0.25, -0.2) is 0 Å². The summed E-state index contributed by atoms with van der Waals surface area (Å²) in [5.41, 5.74) is 0. The van der Waals surface area contributed by atoms with E-state index in [9.17, 15) is 5.11 Å². The number of nitrogens with zero attached hydrogens (tertiary/aromatic N) is 1. The van der Waals surface area contributed by atoms with Gasteiger partial charge < -0.3 is 26.6 Å². The molecule has 2 aliphatic rings. The smallest absolute Gasteiger partial charge is 0.0919 e. The van der Waals surface area contributed by atoms with E-state index in [1.54, 1.807) is 0 Å². The Morgan fingerprint density at radius 2 is 1.57 bits per heavy atom. The van der Waals surface area contributed by atoms with Crippen LogP contribution in [0.25, 0.3) is 0 Å². The Kier molecular flexibility index (Phi) is 3.66. The normalized spacial score (nSPS) is 46.5. The van der Waals surface area contributed by atoms with Gasteiger partial charge in [0.15, 0.2) is 0 Å². The van der Waals surface area contributed by atoms with Crippen LogP contribution < -0.4 is 17.0 Å². The van der Waals surface area contributed by atoms with Crippen LogP contribution in [0.1, 0.15) is 39.5 Å². The van der Waals surface area contributed by atoms with Crippen molar-refractivity contribution in [2.75, 3.05) is 7.05 Å². The van der Waals surface area contributed by atoms with Crippen LogP contribution in [0.4, 0.5) is 0 Å². The average molecular weight is 264 g/mol. The molecule has 2 fully saturated rings. The first-order chi connectivity index (χ1) is 6.05. The summed E-state index contributed by atoms with van der Waals surface area (Å²) in [7, 11) is 2.39. The maximum atomic E-state index is 9.69. The van der Waals surface area contributed by atoms with Crippen molar-refractivity contribution in [3.63, 3.8) is 0 Å². The number of aliphatic hydroxyl groups excluding tert-OH is 1. The van der Waals surface area contributed by atoms with Gasteiger partial charge in [0.1, 0.15) is 0 Å². The second-order valence-electron chi connectivity index (χ2n) is 5.33. The predicted octanol–water partition coefficient (Wildman–Crippen LogP) is -1.47. The van der Waals surface area contributed by atoms with E-state index in [4.69, 9.17) is 0 Å². The quantitative estimate of drug-likeness (QED) is 0.573. The van der Waals surface area contributed by atoms with Gasteiger partial charge in [0.05, 0.1) is 31.3 Å². The minimum Gasteiger partial charge on any atom is -1.00 e. The van der Waals surface area contributed by atoms with Crippen LogP contribution in [-0.2, 0) is 0 Å². The summed E-state index contributed by atoms with van der Waals surface area (Å²) in [5.74, 6) is 0. The van der Waals surface area contributed by atoms with Crippen LogP contribution in [0.3, 0.4) is 0 Å². The molecule has 2 heterocycles. The van der Waals surface area contributed by atoms with Crippen molar-refractivity contribution in [3.8, 4) is 0 Å². The molecule has 0 radical (unpaired) electrons. The first-order valence-corrected chi connectivity index (χ1v) is 5.58. The molecule has 0 amide bonds. The number of halogens is 1. The molecule has 2 aliphatic heterocycles. The Morgan fingerprint density at radius 1 is 1.14 bits per heavy atom. The number of quaternary nitrogens is 1. The molecule has 2 rings (SSSR count). The molecule has 2 saturated heterocycles. The Labute approximate surface area is 97.7 Å². The van der Waals surface area contributed by atoms with Crippen LogP contribution in [0.2, 0.25) is 0 Å². The maximum Gasteiger partial charge on any atom is 0.0919 e. The van der Waals surface area contributed by atoms with Crippen LogP contribution >= 0.6 is 0 Å². The van der Waals surface area contributed by atoms with Gasteiger partial charge in [0.25, 0.3) is 0 Å². The lowest BCUT2D eigenvalue weighted by Crippen LogP contribution is -3.00. The number of hydrogen-bond donors (Lipinski definition) is 1. The molecule has 0 saturated carbocycles. The monoisotopic (exact) mass is 263 g/mol. The Balaban J connectivity index is 0.000000980. The van der Waals surface area contributed by atoms with Crippen molar-refractivity contribution in [2.24, 2.45) is 0 Å². The van der Waals surface area contributed by atoms with E-state index in [0.717, 1.165) is 24.9 Å². The number of hydrogen-bond acceptors (Lipinski definition) is 1. The minimum absolute atomic E-state index is 0. The Hall–Kier alpha value is 0.400. The summed E-state index contributed by atoms with van der Waals surface area (Å²) >= 11 is 0. The van der Waals surface area contributed by atoms with E-state index < -0.39 is 0 Å². The first kappa shape index (κ1) is 12.5. The lowest BCUT2D eigenvalue weighted by Gasteiger charge is -2.49. The second-order valence-corrected chi connectivity index (χ2v) is 5.33. The van der Waals surface area contributed by atoms with Crippen molar-refractivity contribution in [1.82, 2.24) is 0 Å². The van der Waals surface area contributed by atoms with Crippen LogP contribution in [0, 0.1) is 0 Å². The zero-order chi connectivity index (χ0) is 9.64. The lowest BCUT2D eigenvalue weighted by molar-refractivity contribution is -0.968. The largest absolute Gasteiger partial charge is 1.00 e. The summed E-state index contributed by atoms with van der Waals surface area (Å²) in [6.45, 7) is 4.64. The van der Waals surface area contributed by atoms with Crippen molar-refractivity contribution in [3.05, 3.63) is 0 Å². The second kappa shape index (κ2) is 4.11. The fraction of sp³-hybridized carbons (Fsp3) is 1.00. The topological polar surface area (TPSA) is 20.2 Å². The Bertz CT molecular complexity index is 193. The zero-order valence-corrected chi connectivity index (χ0v) is 11.0. The molecule has 0 aromatic heterocycles. The molecule has 14 heavy (non-hydrogen) atoms. The molecule has 2 bridgehead atoms. The minimum atomic E-state index is -0.0116. The highest BCUT2D eigenvalue weighted by atomic mass is 79.9. The van der Waals surface area contributed by atoms with E-state index in [0.29, 0.717) is 6.04 Å². The number of rotatable bonds is 1. The third-order valence-electron chi connectivity index (χ3n) is 4.61. The molecular formula is C11H22BrNO. The molecule has 84 valence electrons. The van der Waals surface area contributed by atoms with E-state index in [-0.39, 0.29) is 23.1 Å². The summed E-state index contributed by atoms with van der Waals surface area (Å²) < 4.78 is 1.22. The van der Waals surface area contributed by atoms with Gasteiger partial charge in [-0.15, -0.1) is 0 Å². The van der Waals surface area contributed by atoms with E-state index in [2.05, 4.69) is 20.9 Å². The van der Waals surface area contributed by atoms with Crippen LogP contribution in [0.15, 0.2) is 0 Å². The summed E-state index contributed by atoms with van der Waals surface area (Å²) in [5, 5.41) is 9.69. The molecule has 0 aromatic rings. The highest BCUT2D eigenvalue weighted by Gasteiger charge is 2.52.